The molecule has 1 aromatic carbocycles. The number of rotatable bonds is 5. The highest BCUT2D eigenvalue weighted by Crippen LogP contribution is 2.47. The van der Waals surface area contributed by atoms with Crippen LogP contribution in [0.5, 0.6) is 0 Å². The number of piperidine rings is 1. The van der Waals surface area contributed by atoms with Crippen LogP contribution >= 0.6 is 22.6 Å². The van der Waals surface area contributed by atoms with Crippen LogP contribution in [-0.2, 0) is 9.53 Å². The Hall–Kier alpha value is -0.950. The van der Waals surface area contributed by atoms with E-state index in [1.807, 2.05) is 6.08 Å². The molecule has 4 atom stereocenters. The Bertz CT molecular complexity index is 604. The van der Waals surface area contributed by atoms with Crippen molar-refractivity contribution in [2.75, 3.05) is 20.3 Å². The summed E-state index contributed by atoms with van der Waals surface area (Å²) >= 11 is 2.30. The molecule has 2 heterocycles. The van der Waals surface area contributed by atoms with Crippen molar-refractivity contribution in [2.24, 2.45) is 5.92 Å². The van der Waals surface area contributed by atoms with E-state index in [2.05, 4.69) is 51.8 Å². The van der Waals surface area contributed by atoms with Crippen molar-refractivity contribution in [3.63, 3.8) is 0 Å². The largest absolute Gasteiger partial charge is 0.469 e. The van der Waals surface area contributed by atoms with Gasteiger partial charge in [-0.05, 0) is 59.5 Å². The number of hydrogen-bond acceptors (Lipinski definition) is 3. The smallest absolute Gasteiger partial charge is 0.310 e. The van der Waals surface area contributed by atoms with Crippen LogP contribution in [0.1, 0.15) is 30.7 Å². The summed E-state index contributed by atoms with van der Waals surface area (Å²) in [6.45, 7) is 0.279. The molecule has 1 aromatic rings. The van der Waals surface area contributed by atoms with Gasteiger partial charge in [0.2, 0.25) is 0 Å². The summed E-state index contributed by atoms with van der Waals surface area (Å²) in [6.07, 6.45) is 6.50. The lowest BCUT2D eigenvalue weighted by Gasteiger charge is -2.43. The second-order valence-electron chi connectivity index (χ2n) is 6.56. The zero-order chi connectivity index (χ0) is 17.1. The van der Waals surface area contributed by atoms with Crippen LogP contribution in [0.3, 0.4) is 0 Å². The van der Waals surface area contributed by atoms with E-state index in [0.29, 0.717) is 12.6 Å². The van der Waals surface area contributed by atoms with Crippen LogP contribution < -0.4 is 0 Å². The SMILES string of the molecule is COC(=O)[C@@H]1C2CCC(C[C@@H]1c1ccc(I)cc1)N2C/C=C/C[18F]. The lowest BCUT2D eigenvalue weighted by Crippen LogP contribution is -2.50. The van der Waals surface area contributed by atoms with E-state index >= 15 is 0 Å². The van der Waals surface area contributed by atoms with Gasteiger partial charge in [0.05, 0.1) is 13.0 Å². The molecule has 3 rings (SSSR count). The summed E-state index contributed by atoms with van der Waals surface area (Å²) < 4.78 is 18.7. The Labute approximate surface area is 156 Å². The molecular weight excluding hydrogens is 419 g/mol. The van der Waals surface area contributed by atoms with E-state index in [0.717, 1.165) is 19.3 Å². The number of fused-ring (bicyclic) bond motifs is 2. The Balaban J connectivity index is 1.87. The van der Waals surface area contributed by atoms with Gasteiger partial charge in [0, 0.05) is 28.1 Å². The van der Waals surface area contributed by atoms with E-state index in [1.54, 1.807) is 6.08 Å². The third kappa shape index (κ3) is 3.52. The standard InChI is InChI=1S/C19H23FINO2/c1-24-19(23)18-16(13-4-6-14(21)7-5-13)12-15-8-9-17(18)22(15)11-3-2-10-20/h2-7,15-18H,8-12H2,1H3/b3-2+/t15?,16-,17?,18+/m1/s1/i20-1. The normalized spacial score (nSPS) is 30.0. The fourth-order valence-electron chi connectivity index (χ4n) is 4.37. The summed E-state index contributed by atoms with van der Waals surface area (Å²) in [6, 6.07) is 9.13. The number of halogens is 2. The number of ether oxygens (including phenoxy) is 1. The Morgan fingerprint density at radius 3 is 2.75 bits per heavy atom. The minimum absolute atomic E-state index is 0.122. The van der Waals surface area contributed by atoms with Gasteiger partial charge >= 0.3 is 5.97 Å². The highest BCUT2D eigenvalue weighted by molar-refractivity contribution is 14.1. The molecule has 2 unspecified atom stereocenters. The second kappa shape index (κ2) is 7.95. The van der Waals surface area contributed by atoms with E-state index < -0.39 is 6.67 Å². The number of hydrogen-bond donors (Lipinski definition) is 0. The van der Waals surface area contributed by atoms with Crippen molar-refractivity contribution in [1.29, 1.82) is 0 Å². The van der Waals surface area contributed by atoms with Crippen LogP contribution in [0.25, 0.3) is 0 Å². The molecule has 5 heteroatoms. The van der Waals surface area contributed by atoms with E-state index in [9.17, 15) is 9.18 Å². The lowest BCUT2D eigenvalue weighted by molar-refractivity contribution is -0.150. The molecule has 2 saturated heterocycles. The molecule has 2 aliphatic rings. The minimum atomic E-state index is -0.436. The second-order valence-corrected chi connectivity index (χ2v) is 7.81. The number of carbonyl (C=O) groups excluding carboxylic acids is 1. The van der Waals surface area contributed by atoms with E-state index in [4.69, 9.17) is 4.74 Å². The average molecular weight is 442 g/mol. The van der Waals surface area contributed by atoms with Crippen LogP contribution in [0, 0.1) is 9.49 Å². The molecule has 0 aromatic heterocycles. The molecule has 3 nitrogen and oxygen atoms in total. The molecular formula is C19H23FINO2. The number of nitrogens with zero attached hydrogens (tertiary/aromatic N) is 1. The van der Waals surface area contributed by atoms with E-state index in [-0.39, 0.29) is 23.8 Å². The molecule has 0 saturated carbocycles. The van der Waals surface area contributed by atoms with E-state index in [1.165, 1.54) is 16.2 Å². The molecule has 0 radical (unpaired) electrons. The predicted octanol–water partition coefficient (Wildman–Crippen LogP) is 3.93. The van der Waals surface area contributed by atoms with Crippen molar-refractivity contribution >= 4 is 28.6 Å². The maximum atomic E-state index is 12.6. The first-order valence-corrected chi connectivity index (χ1v) is 9.53. The molecule has 24 heavy (non-hydrogen) atoms. The zero-order valence-electron chi connectivity index (χ0n) is 13.8. The third-order valence-corrected chi connectivity index (χ3v) is 6.13. The first kappa shape index (κ1) is 17.9. The highest BCUT2D eigenvalue weighted by Gasteiger charge is 2.50. The van der Waals surface area contributed by atoms with Gasteiger partial charge < -0.3 is 4.74 Å². The van der Waals surface area contributed by atoms with Gasteiger partial charge in [-0.3, -0.25) is 9.69 Å². The quantitative estimate of drug-likeness (QED) is 0.393. The van der Waals surface area contributed by atoms with Crippen molar-refractivity contribution in [3.8, 4) is 0 Å². The first-order valence-electron chi connectivity index (χ1n) is 8.45. The van der Waals surface area contributed by atoms with Crippen LogP contribution in [0.15, 0.2) is 36.4 Å². The summed E-state index contributed by atoms with van der Waals surface area (Å²) in [4.78, 5) is 14.9. The minimum Gasteiger partial charge on any atom is -0.469 e. The molecule has 0 aliphatic carbocycles. The first-order chi connectivity index (χ1) is 11.7. The molecule has 2 fully saturated rings. The number of benzene rings is 1. The topological polar surface area (TPSA) is 29.5 Å². The molecule has 0 N–H and O–H groups in total. The predicted molar refractivity (Wildman–Crippen MR) is 101 cm³/mol. The molecule has 130 valence electrons. The van der Waals surface area contributed by atoms with Gasteiger partial charge in [-0.1, -0.05) is 24.3 Å². The molecule has 0 amide bonds. The van der Waals surface area contributed by atoms with Crippen molar-refractivity contribution < 1.29 is 13.9 Å². The number of methoxy groups -OCH3 is 1. The monoisotopic (exact) mass is 442 g/mol. The van der Waals surface area contributed by atoms with Gasteiger partial charge in [0.25, 0.3) is 0 Å². The Kier molecular flexibility index (Phi) is 5.92. The summed E-state index contributed by atoms with van der Waals surface area (Å²) in [5.41, 5.74) is 1.22. The number of alkyl halides is 1. The number of allylic oxidation sites excluding steroid dienone is 1. The van der Waals surface area contributed by atoms with Crippen molar-refractivity contribution in [3.05, 3.63) is 45.6 Å². The highest BCUT2D eigenvalue weighted by atomic mass is 127. The maximum absolute atomic E-state index is 12.6. The van der Waals surface area contributed by atoms with Crippen LogP contribution in [-0.4, -0.2) is 43.3 Å². The number of esters is 1. The van der Waals surface area contributed by atoms with Gasteiger partial charge in [-0.2, -0.15) is 0 Å². The zero-order valence-corrected chi connectivity index (χ0v) is 16.0. The van der Waals surface area contributed by atoms with Gasteiger partial charge in [-0.15, -0.1) is 0 Å². The van der Waals surface area contributed by atoms with Gasteiger partial charge in [-0.25, -0.2) is 4.39 Å². The fraction of sp³-hybridized carbons (Fsp3) is 0.526. The maximum Gasteiger partial charge on any atom is 0.310 e. The molecule has 2 aliphatic heterocycles. The van der Waals surface area contributed by atoms with Crippen molar-refractivity contribution in [2.45, 2.75) is 37.3 Å². The summed E-state index contributed by atoms with van der Waals surface area (Å²) in [5.74, 6) is -0.0655. The van der Waals surface area contributed by atoms with Crippen LogP contribution in [0.4, 0.5) is 4.39 Å². The molecule has 0 spiro atoms. The van der Waals surface area contributed by atoms with Crippen molar-refractivity contribution in [1.82, 2.24) is 4.90 Å². The third-order valence-electron chi connectivity index (χ3n) is 5.41. The molecule has 2 bridgehead atoms. The summed E-state index contributed by atoms with van der Waals surface area (Å²) in [7, 11) is 1.47. The summed E-state index contributed by atoms with van der Waals surface area (Å²) in [5, 5.41) is 0. The fourth-order valence-corrected chi connectivity index (χ4v) is 4.73. The average Bonchev–Trinajstić information content (AvgIpc) is 2.87. The lowest BCUT2D eigenvalue weighted by atomic mass is 9.76. The Morgan fingerprint density at radius 2 is 2.08 bits per heavy atom. The van der Waals surface area contributed by atoms with Gasteiger partial charge in [0.15, 0.2) is 0 Å². The number of carbonyl (C=O) groups is 1. The Morgan fingerprint density at radius 1 is 1.33 bits per heavy atom. The van der Waals surface area contributed by atoms with Gasteiger partial charge in [0.1, 0.15) is 6.67 Å². The van der Waals surface area contributed by atoms with Crippen LogP contribution in [0.2, 0.25) is 0 Å².